The van der Waals surface area contributed by atoms with Crippen molar-refractivity contribution in [2.24, 2.45) is 11.8 Å². The molecule has 4 rings (SSSR count). The smallest absolute Gasteiger partial charge is 0.228 e. The van der Waals surface area contributed by atoms with Crippen LogP contribution >= 0.6 is 0 Å². The van der Waals surface area contributed by atoms with Crippen LogP contribution in [0.4, 0.5) is 5.82 Å². The van der Waals surface area contributed by atoms with Crippen LogP contribution < -0.4 is 10.1 Å². The van der Waals surface area contributed by atoms with Crippen LogP contribution in [0.3, 0.4) is 0 Å². The highest BCUT2D eigenvalue weighted by Crippen LogP contribution is 2.36. The van der Waals surface area contributed by atoms with Crippen molar-refractivity contribution < 1.29 is 9.53 Å². The van der Waals surface area contributed by atoms with E-state index in [9.17, 15) is 4.79 Å². The molecular formula is C24H31N3O2. The van der Waals surface area contributed by atoms with Gasteiger partial charge in [0.1, 0.15) is 5.75 Å². The summed E-state index contributed by atoms with van der Waals surface area (Å²) in [4.78, 5) is 22.6. The molecule has 1 atom stereocenters. The van der Waals surface area contributed by atoms with Gasteiger partial charge in [-0.3, -0.25) is 4.79 Å². The molecule has 0 bridgehead atoms. The summed E-state index contributed by atoms with van der Waals surface area (Å²) in [7, 11) is 1.70. The van der Waals surface area contributed by atoms with Gasteiger partial charge in [0.2, 0.25) is 5.91 Å². The minimum absolute atomic E-state index is 0.0275. The third kappa shape index (κ3) is 4.14. The van der Waals surface area contributed by atoms with Crippen LogP contribution in [-0.4, -0.2) is 23.0 Å². The zero-order valence-electron chi connectivity index (χ0n) is 17.8. The molecule has 1 aromatic heterocycles. The first-order chi connectivity index (χ1) is 14.1. The summed E-state index contributed by atoms with van der Waals surface area (Å²) in [6.07, 6.45) is 8.52. The van der Waals surface area contributed by atoms with Gasteiger partial charge in [0.25, 0.3) is 0 Å². The predicted molar refractivity (Wildman–Crippen MR) is 115 cm³/mol. The lowest BCUT2D eigenvalue weighted by atomic mass is 9.91. The minimum Gasteiger partial charge on any atom is -0.497 e. The number of hydrogen-bond donors (Lipinski definition) is 1. The zero-order chi connectivity index (χ0) is 20.4. The van der Waals surface area contributed by atoms with Gasteiger partial charge in [-0.15, -0.1) is 0 Å². The van der Waals surface area contributed by atoms with Crippen molar-refractivity contribution in [3.63, 3.8) is 0 Å². The number of carbonyl (C=O) groups excluding carboxylic acids is 1. The molecule has 2 aliphatic carbocycles. The average Bonchev–Trinajstić information content (AvgIpc) is 3.26. The summed E-state index contributed by atoms with van der Waals surface area (Å²) in [5.74, 6) is 2.21. The van der Waals surface area contributed by atoms with E-state index >= 15 is 0 Å². The Balaban J connectivity index is 1.73. The van der Waals surface area contributed by atoms with Crippen LogP contribution in [-0.2, 0) is 24.1 Å². The van der Waals surface area contributed by atoms with Crippen LogP contribution in [0.15, 0.2) is 18.2 Å². The number of hydrogen-bond acceptors (Lipinski definition) is 4. The second-order valence-corrected chi connectivity index (χ2v) is 8.49. The summed E-state index contributed by atoms with van der Waals surface area (Å²) in [5, 5.41) is 3.09. The molecule has 1 amide bonds. The number of carbonyl (C=O) groups is 1. The fourth-order valence-electron chi connectivity index (χ4n) is 4.44. The largest absolute Gasteiger partial charge is 0.497 e. The second kappa shape index (κ2) is 8.52. The molecule has 2 aromatic rings. The lowest BCUT2D eigenvalue weighted by Gasteiger charge is -2.22. The van der Waals surface area contributed by atoms with Gasteiger partial charge in [-0.1, -0.05) is 39.5 Å². The molecule has 5 nitrogen and oxygen atoms in total. The molecular weight excluding hydrogens is 362 g/mol. The van der Waals surface area contributed by atoms with Crippen molar-refractivity contribution in [2.45, 2.75) is 65.2 Å². The first-order valence-corrected chi connectivity index (χ1v) is 11.0. The molecule has 0 radical (unpaired) electrons. The maximum absolute atomic E-state index is 12.6. The number of aryl methyl sites for hydroxylation is 2. The Hall–Kier alpha value is -2.43. The molecule has 0 aliphatic heterocycles. The van der Waals surface area contributed by atoms with Crippen molar-refractivity contribution in [3.8, 4) is 17.0 Å². The lowest BCUT2D eigenvalue weighted by molar-refractivity contribution is -0.119. The predicted octanol–water partition coefficient (Wildman–Crippen LogP) is 4.97. The Morgan fingerprint density at radius 2 is 2.03 bits per heavy atom. The van der Waals surface area contributed by atoms with Gasteiger partial charge in [-0.2, -0.15) is 0 Å². The molecule has 1 N–H and O–H groups in total. The molecule has 5 heteroatoms. The number of ether oxygens (including phenoxy) is 1. The number of anilines is 1. The molecule has 0 spiro atoms. The van der Waals surface area contributed by atoms with Crippen molar-refractivity contribution in [2.75, 3.05) is 12.4 Å². The van der Waals surface area contributed by atoms with Gasteiger partial charge in [0.15, 0.2) is 5.82 Å². The number of rotatable bonds is 6. The molecule has 29 heavy (non-hydrogen) atoms. The lowest BCUT2D eigenvalue weighted by Crippen LogP contribution is -2.23. The molecule has 2 aliphatic rings. The maximum atomic E-state index is 12.6. The summed E-state index contributed by atoms with van der Waals surface area (Å²) in [5.41, 5.74) is 5.30. The van der Waals surface area contributed by atoms with Gasteiger partial charge < -0.3 is 10.1 Å². The first kappa shape index (κ1) is 19.9. The van der Waals surface area contributed by atoms with Crippen molar-refractivity contribution >= 4 is 11.7 Å². The average molecular weight is 394 g/mol. The quantitative estimate of drug-likeness (QED) is 0.753. The fraction of sp³-hybridized carbons (Fsp3) is 0.542. The van der Waals surface area contributed by atoms with E-state index in [1.807, 2.05) is 19.9 Å². The summed E-state index contributed by atoms with van der Waals surface area (Å²) in [6, 6.07) is 6.19. The summed E-state index contributed by atoms with van der Waals surface area (Å²) < 4.78 is 5.39. The van der Waals surface area contributed by atoms with E-state index in [4.69, 9.17) is 14.7 Å². The van der Waals surface area contributed by atoms with E-state index in [1.54, 1.807) is 7.11 Å². The number of nitrogens with zero attached hydrogens (tertiary/aromatic N) is 2. The Morgan fingerprint density at radius 1 is 1.24 bits per heavy atom. The number of methoxy groups -OCH3 is 1. The molecule has 1 fully saturated rings. The zero-order valence-corrected chi connectivity index (χ0v) is 17.8. The molecule has 1 aromatic carbocycles. The SMILES string of the molecule is CCC(C)C(=O)Nc1nc2c(nc1CC1CCCC1)-c1ccc(OC)cc1CC2. The number of aromatic nitrogens is 2. The van der Waals surface area contributed by atoms with Crippen LogP contribution in [0.5, 0.6) is 5.75 Å². The van der Waals surface area contributed by atoms with Crippen molar-refractivity contribution in [1.29, 1.82) is 0 Å². The van der Waals surface area contributed by atoms with Crippen LogP contribution in [0.25, 0.3) is 11.3 Å². The van der Waals surface area contributed by atoms with E-state index in [2.05, 4.69) is 17.4 Å². The van der Waals surface area contributed by atoms with E-state index < -0.39 is 0 Å². The third-order valence-corrected chi connectivity index (χ3v) is 6.50. The Kier molecular flexibility index (Phi) is 5.84. The molecule has 1 saturated carbocycles. The summed E-state index contributed by atoms with van der Waals surface area (Å²) in [6.45, 7) is 3.99. The maximum Gasteiger partial charge on any atom is 0.228 e. The highest BCUT2D eigenvalue weighted by atomic mass is 16.5. The van der Waals surface area contributed by atoms with Gasteiger partial charge in [0, 0.05) is 11.5 Å². The van der Waals surface area contributed by atoms with Gasteiger partial charge >= 0.3 is 0 Å². The standard InChI is InChI=1S/C24H31N3O2/c1-4-15(2)24(28)27-23-21(13-16-7-5-6-8-16)25-22-19-11-10-18(29-3)14-17(19)9-12-20(22)26-23/h10-11,14-16H,4-9,12-13H2,1-3H3,(H,26,27,28). The fourth-order valence-corrected chi connectivity index (χ4v) is 4.44. The third-order valence-electron chi connectivity index (χ3n) is 6.50. The van der Waals surface area contributed by atoms with Crippen molar-refractivity contribution in [3.05, 3.63) is 35.2 Å². The normalized spacial score (nSPS) is 16.8. The number of nitrogens with one attached hydrogen (secondary N) is 1. The van der Waals surface area contributed by atoms with Gasteiger partial charge in [0.05, 0.1) is 24.2 Å². The van der Waals surface area contributed by atoms with Gasteiger partial charge in [-0.25, -0.2) is 9.97 Å². The number of amides is 1. The van der Waals surface area contributed by atoms with E-state index in [0.29, 0.717) is 11.7 Å². The van der Waals surface area contributed by atoms with Crippen LogP contribution in [0.1, 0.15) is 62.9 Å². The molecule has 0 saturated heterocycles. The highest BCUT2D eigenvalue weighted by molar-refractivity contribution is 5.92. The van der Waals surface area contributed by atoms with E-state index in [-0.39, 0.29) is 11.8 Å². The number of fused-ring (bicyclic) bond motifs is 3. The first-order valence-electron chi connectivity index (χ1n) is 11.0. The topological polar surface area (TPSA) is 64.1 Å². The molecule has 1 heterocycles. The monoisotopic (exact) mass is 393 g/mol. The van der Waals surface area contributed by atoms with Crippen LogP contribution in [0.2, 0.25) is 0 Å². The van der Waals surface area contributed by atoms with E-state index in [1.165, 1.54) is 31.2 Å². The van der Waals surface area contributed by atoms with Gasteiger partial charge in [-0.05, 0) is 55.4 Å². The number of benzene rings is 1. The minimum atomic E-state index is -0.0275. The highest BCUT2D eigenvalue weighted by Gasteiger charge is 2.25. The van der Waals surface area contributed by atoms with Crippen molar-refractivity contribution in [1.82, 2.24) is 9.97 Å². The Bertz CT molecular complexity index is 903. The van der Waals surface area contributed by atoms with E-state index in [0.717, 1.165) is 54.1 Å². The van der Waals surface area contributed by atoms with Crippen LogP contribution in [0, 0.1) is 11.8 Å². The Morgan fingerprint density at radius 3 is 2.76 bits per heavy atom. The summed E-state index contributed by atoms with van der Waals surface area (Å²) >= 11 is 0. The Labute approximate surface area is 173 Å². The molecule has 1 unspecified atom stereocenters. The molecule has 154 valence electrons. The second-order valence-electron chi connectivity index (χ2n) is 8.49.